The summed E-state index contributed by atoms with van der Waals surface area (Å²) in [6.45, 7) is -2.12. The number of fused-ring (bicyclic) bond motifs is 3. The fraction of sp³-hybridized carbons (Fsp3) is 0.200. The molecule has 0 spiro atoms. The van der Waals surface area contributed by atoms with E-state index in [1.165, 1.54) is 17.1 Å². The third-order valence-electron chi connectivity index (χ3n) is 4.76. The Morgan fingerprint density at radius 2 is 2.07 bits per heavy atom. The van der Waals surface area contributed by atoms with Crippen molar-refractivity contribution >= 4 is 23.0 Å². The van der Waals surface area contributed by atoms with Crippen LogP contribution in [0.15, 0.2) is 47.7 Å². The average Bonchev–Trinajstić information content (AvgIpc) is 2.70. The second-order valence-electron chi connectivity index (χ2n) is 6.53. The van der Waals surface area contributed by atoms with Crippen LogP contribution >= 0.6 is 0 Å². The van der Waals surface area contributed by atoms with Crippen molar-refractivity contribution < 1.29 is 8.91 Å². The zero-order chi connectivity index (χ0) is 22.3. The lowest BCUT2D eigenvalue weighted by atomic mass is 9.95. The first-order valence-corrected chi connectivity index (χ1v) is 8.59. The van der Waals surface area contributed by atoms with Crippen LogP contribution in [-0.4, -0.2) is 34.7 Å². The number of hydrogen-bond acceptors (Lipinski definition) is 6. The smallest absolute Gasteiger partial charge is 0.274 e. The molecule has 8 heteroatoms. The molecule has 0 saturated heterocycles. The quantitative estimate of drug-likeness (QED) is 0.722. The summed E-state index contributed by atoms with van der Waals surface area (Å²) >= 11 is 0. The highest BCUT2D eigenvalue weighted by Crippen LogP contribution is 2.42. The fourth-order valence-corrected chi connectivity index (χ4v) is 3.47. The van der Waals surface area contributed by atoms with Gasteiger partial charge in [0, 0.05) is 55.2 Å². The van der Waals surface area contributed by atoms with Gasteiger partial charge < -0.3 is 15.5 Å². The lowest BCUT2D eigenvalue weighted by Crippen LogP contribution is -2.30. The maximum absolute atomic E-state index is 12.8. The van der Waals surface area contributed by atoms with Gasteiger partial charge in [0.05, 0.1) is 34.4 Å². The third kappa shape index (κ3) is 2.79. The standard InChI is InChI=1S/C20H20N6O2/c1-21-19(27)14-10-22-8-7-15(14)24-16-6-4-5-13-17-12(11-25(2)18(13)16)9-23-26(3)20(17)28/h4-10H,11H2,1-3H3,(H,21,27)(H,22,24)/i1D3. The van der Waals surface area contributed by atoms with Gasteiger partial charge in [0.25, 0.3) is 11.5 Å². The number of benzene rings is 1. The van der Waals surface area contributed by atoms with E-state index < -0.39 is 12.9 Å². The number of carbonyl (C=O) groups excluding carboxylic acids is 1. The first kappa shape index (κ1) is 14.4. The van der Waals surface area contributed by atoms with Gasteiger partial charge in [0.15, 0.2) is 0 Å². The molecular formula is C20H20N6O2. The number of anilines is 3. The Balaban J connectivity index is 1.79. The molecular weight excluding hydrogens is 356 g/mol. The van der Waals surface area contributed by atoms with Crippen LogP contribution in [0, 0.1) is 0 Å². The van der Waals surface area contributed by atoms with Crippen LogP contribution in [0.5, 0.6) is 0 Å². The lowest BCUT2D eigenvalue weighted by molar-refractivity contribution is 0.0963. The highest BCUT2D eigenvalue weighted by atomic mass is 16.1. The normalized spacial score (nSPS) is 14.2. The lowest BCUT2D eigenvalue weighted by Gasteiger charge is -2.31. The summed E-state index contributed by atoms with van der Waals surface area (Å²) in [6.07, 6.45) is 4.50. The van der Waals surface area contributed by atoms with Crippen molar-refractivity contribution in [3.63, 3.8) is 0 Å². The van der Waals surface area contributed by atoms with Gasteiger partial charge in [-0.15, -0.1) is 0 Å². The minimum atomic E-state index is -2.62. The predicted octanol–water partition coefficient (Wildman–Crippen LogP) is 1.90. The number of pyridine rings is 1. The Morgan fingerprint density at radius 3 is 2.89 bits per heavy atom. The molecule has 1 aromatic carbocycles. The SMILES string of the molecule is [2H]C([2H])([2H])NC(=O)c1cnccc1Nc1cccc2c1N(C)Cc1cnn(C)c(=O)c1-2. The third-order valence-corrected chi connectivity index (χ3v) is 4.76. The summed E-state index contributed by atoms with van der Waals surface area (Å²) < 4.78 is 23.1. The number of rotatable bonds is 3. The van der Waals surface area contributed by atoms with E-state index in [1.807, 2.05) is 35.5 Å². The number of aromatic nitrogens is 3. The molecule has 1 amide bonds. The number of nitrogens with zero attached hydrogens (tertiary/aromatic N) is 4. The van der Waals surface area contributed by atoms with Crippen LogP contribution < -0.4 is 21.1 Å². The Kier molecular flexibility index (Phi) is 3.50. The zero-order valence-electron chi connectivity index (χ0n) is 18.4. The van der Waals surface area contributed by atoms with E-state index in [2.05, 4.69) is 15.4 Å². The Morgan fingerprint density at radius 1 is 1.21 bits per heavy atom. The second kappa shape index (κ2) is 6.80. The van der Waals surface area contributed by atoms with Crippen molar-refractivity contribution in [1.82, 2.24) is 20.1 Å². The Hall–Kier alpha value is -3.68. The molecule has 2 aromatic heterocycles. The maximum Gasteiger partial charge on any atom is 0.274 e. The molecule has 3 heterocycles. The number of hydrogen-bond donors (Lipinski definition) is 2. The molecule has 1 aliphatic heterocycles. The summed E-state index contributed by atoms with van der Waals surface area (Å²) in [5, 5.41) is 9.31. The molecule has 0 fully saturated rings. The van der Waals surface area contributed by atoms with Gasteiger partial charge >= 0.3 is 0 Å². The maximum atomic E-state index is 12.8. The first-order valence-electron chi connectivity index (χ1n) is 10.1. The predicted molar refractivity (Wildman–Crippen MR) is 108 cm³/mol. The molecule has 0 radical (unpaired) electrons. The van der Waals surface area contributed by atoms with Gasteiger partial charge in [0.2, 0.25) is 0 Å². The molecule has 0 aliphatic carbocycles. The molecule has 3 aromatic rings. The van der Waals surface area contributed by atoms with E-state index >= 15 is 0 Å². The van der Waals surface area contributed by atoms with Gasteiger partial charge in [-0.2, -0.15) is 5.10 Å². The summed E-state index contributed by atoms with van der Waals surface area (Å²) in [5.41, 5.74) is 3.92. The van der Waals surface area contributed by atoms with Crippen molar-refractivity contribution in [2.75, 3.05) is 24.2 Å². The van der Waals surface area contributed by atoms with Crippen LogP contribution in [0.25, 0.3) is 11.1 Å². The largest absolute Gasteiger partial charge is 0.368 e. The highest BCUT2D eigenvalue weighted by Gasteiger charge is 2.26. The van der Waals surface area contributed by atoms with Crippen molar-refractivity contribution in [2.24, 2.45) is 7.05 Å². The van der Waals surface area contributed by atoms with Crippen LogP contribution in [0.2, 0.25) is 0 Å². The number of aryl methyl sites for hydroxylation is 1. The summed E-state index contributed by atoms with van der Waals surface area (Å²) in [4.78, 5) is 31.2. The van der Waals surface area contributed by atoms with Gasteiger partial charge in [0.1, 0.15) is 0 Å². The second-order valence-corrected chi connectivity index (χ2v) is 6.53. The Labute approximate surface area is 166 Å². The van der Waals surface area contributed by atoms with E-state index in [0.717, 1.165) is 16.8 Å². The molecule has 2 N–H and O–H groups in total. The summed E-state index contributed by atoms with van der Waals surface area (Å²) in [6, 6.07) is 7.10. The van der Waals surface area contributed by atoms with Crippen LogP contribution in [0.1, 0.15) is 20.0 Å². The fourth-order valence-electron chi connectivity index (χ4n) is 3.47. The molecule has 4 rings (SSSR count). The molecule has 0 saturated carbocycles. The van der Waals surface area contributed by atoms with E-state index in [-0.39, 0.29) is 11.1 Å². The van der Waals surface area contributed by atoms with Crippen molar-refractivity contribution in [2.45, 2.75) is 6.54 Å². The van der Waals surface area contributed by atoms with Gasteiger partial charge in [-0.3, -0.25) is 14.6 Å². The number of para-hydroxylation sites is 1. The van der Waals surface area contributed by atoms with Crippen LogP contribution in [-0.2, 0) is 13.6 Å². The molecule has 28 heavy (non-hydrogen) atoms. The van der Waals surface area contributed by atoms with E-state index in [0.29, 0.717) is 23.5 Å². The van der Waals surface area contributed by atoms with Crippen LogP contribution in [0.3, 0.4) is 0 Å². The number of carbonyl (C=O) groups is 1. The first-order chi connectivity index (χ1) is 14.7. The molecule has 0 atom stereocenters. The number of amides is 1. The van der Waals surface area contributed by atoms with Crippen molar-refractivity contribution in [3.8, 4) is 11.1 Å². The monoisotopic (exact) mass is 379 g/mol. The van der Waals surface area contributed by atoms with Gasteiger partial charge in [-0.1, -0.05) is 12.1 Å². The molecule has 0 bridgehead atoms. The van der Waals surface area contributed by atoms with Gasteiger partial charge in [-0.05, 0) is 12.1 Å². The highest BCUT2D eigenvalue weighted by molar-refractivity contribution is 6.01. The van der Waals surface area contributed by atoms with E-state index in [4.69, 9.17) is 4.11 Å². The van der Waals surface area contributed by atoms with Crippen LogP contribution in [0.4, 0.5) is 17.1 Å². The van der Waals surface area contributed by atoms with E-state index in [1.54, 1.807) is 19.3 Å². The summed E-state index contributed by atoms with van der Waals surface area (Å²) in [5.74, 6) is -0.765. The molecule has 1 aliphatic rings. The van der Waals surface area contributed by atoms with E-state index in [9.17, 15) is 9.59 Å². The van der Waals surface area contributed by atoms with Gasteiger partial charge in [-0.25, -0.2) is 4.68 Å². The minimum Gasteiger partial charge on any atom is -0.368 e. The molecule has 0 unspecified atom stereocenters. The summed E-state index contributed by atoms with van der Waals surface area (Å²) in [7, 11) is 3.51. The number of nitrogens with one attached hydrogen (secondary N) is 2. The molecule has 142 valence electrons. The zero-order valence-corrected chi connectivity index (χ0v) is 15.4. The Bertz CT molecular complexity index is 1240. The topological polar surface area (TPSA) is 92.2 Å². The minimum absolute atomic E-state index is 0.0928. The van der Waals surface area contributed by atoms with Crippen molar-refractivity contribution in [3.05, 3.63) is 64.3 Å². The molecule has 8 nitrogen and oxygen atoms in total. The average molecular weight is 379 g/mol. The van der Waals surface area contributed by atoms with Crippen molar-refractivity contribution in [1.29, 1.82) is 0 Å².